The summed E-state index contributed by atoms with van der Waals surface area (Å²) in [6.45, 7) is 4.00. The number of benzene rings is 1. The van der Waals surface area contributed by atoms with Gasteiger partial charge < -0.3 is 5.73 Å². The molecule has 0 aliphatic heterocycles. The Morgan fingerprint density at radius 2 is 1.89 bits per heavy atom. The number of nitro benzene ring substituents is 1. The highest BCUT2D eigenvalue weighted by Gasteiger charge is 2.23. The minimum atomic E-state index is -1.22. The number of hydrogen-bond donors (Lipinski definition) is 1. The van der Waals surface area contributed by atoms with Crippen molar-refractivity contribution in [2.24, 2.45) is 5.73 Å². The van der Waals surface area contributed by atoms with Gasteiger partial charge in [-0.2, -0.15) is 0 Å². The fourth-order valence-corrected chi connectivity index (χ4v) is 3.52. The van der Waals surface area contributed by atoms with Gasteiger partial charge >= 0.3 is 0 Å². The van der Waals surface area contributed by atoms with Crippen molar-refractivity contribution in [3.05, 3.63) is 34.4 Å². The van der Waals surface area contributed by atoms with E-state index in [0.29, 0.717) is 4.90 Å². The van der Waals surface area contributed by atoms with Crippen LogP contribution in [0.4, 0.5) is 5.69 Å². The third-order valence-electron chi connectivity index (χ3n) is 3.06. The normalized spacial score (nSPS) is 15.7. The lowest BCUT2D eigenvalue weighted by Gasteiger charge is -2.21. The quantitative estimate of drug-likeness (QED) is 0.616. The summed E-state index contributed by atoms with van der Waals surface area (Å²) in [7, 11) is -1.22. The SMILES string of the molecule is CCCC(N)C(CC)S(=O)c1ccc([N+](=O)[O-])cc1. The number of nitro groups is 1. The van der Waals surface area contributed by atoms with Crippen LogP contribution in [0.3, 0.4) is 0 Å². The molecule has 0 radical (unpaired) electrons. The lowest BCUT2D eigenvalue weighted by Crippen LogP contribution is -2.37. The first-order valence-corrected chi connectivity index (χ1v) is 7.63. The van der Waals surface area contributed by atoms with Crippen LogP contribution in [-0.2, 0) is 10.8 Å². The lowest BCUT2D eigenvalue weighted by atomic mass is 10.1. The zero-order chi connectivity index (χ0) is 14.4. The van der Waals surface area contributed by atoms with Gasteiger partial charge in [0, 0.05) is 23.1 Å². The maximum atomic E-state index is 12.4. The first-order chi connectivity index (χ1) is 9.01. The summed E-state index contributed by atoms with van der Waals surface area (Å²) >= 11 is 0. The molecule has 6 heteroatoms. The Morgan fingerprint density at radius 3 is 2.32 bits per heavy atom. The molecule has 1 aromatic carbocycles. The van der Waals surface area contributed by atoms with E-state index < -0.39 is 15.7 Å². The summed E-state index contributed by atoms with van der Waals surface area (Å²) in [4.78, 5) is 10.7. The molecule has 0 aliphatic rings. The number of nitrogens with two attached hydrogens (primary N) is 1. The molecule has 106 valence electrons. The predicted octanol–water partition coefficient (Wildman–Crippen LogP) is 2.61. The Kier molecular flexibility index (Phi) is 6.11. The van der Waals surface area contributed by atoms with E-state index in [1.165, 1.54) is 12.1 Å². The monoisotopic (exact) mass is 284 g/mol. The Balaban J connectivity index is 2.88. The van der Waals surface area contributed by atoms with E-state index in [2.05, 4.69) is 0 Å². The Hall–Kier alpha value is -1.27. The summed E-state index contributed by atoms with van der Waals surface area (Å²) in [5.74, 6) is 0. The van der Waals surface area contributed by atoms with Crippen molar-refractivity contribution in [2.45, 2.75) is 49.3 Å². The minimum absolute atomic E-state index is 0.00616. The van der Waals surface area contributed by atoms with Crippen LogP contribution in [0.1, 0.15) is 33.1 Å². The molecule has 19 heavy (non-hydrogen) atoms. The molecule has 0 amide bonds. The Morgan fingerprint density at radius 1 is 1.32 bits per heavy atom. The van der Waals surface area contributed by atoms with Gasteiger partial charge in [0.05, 0.1) is 21.0 Å². The largest absolute Gasteiger partial charge is 0.327 e. The summed E-state index contributed by atoms with van der Waals surface area (Å²) in [6.07, 6.45) is 2.51. The third-order valence-corrected chi connectivity index (χ3v) is 5.03. The van der Waals surface area contributed by atoms with Gasteiger partial charge in [0.25, 0.3) is 5.69 Å². The highest BCUT2D eigenvalue weighted by molar-refractivity contribution is 7.85. The van der Waals surface area contributed by atoms with E-state index in [-0.39, 0.29) is 17.0 Å². The predicted molar refractivity (Wildman–Crippen MR) is 76.5 cm³/mol. The van der Waals surface area contributed by atoms with Crippen molar-refractivity contribution in [3.63, 3.8) is 0 Å². The van der Waals surface area contributed by atoms with Gasteiger partial charge in [-0.05, 0) is 25.0 Å². The number of nitrogens with zero attached hydrogens (tertiary/aromatic N) is 1. The molecular weight excluding hydrogens is 264 g/mol. The Bertz CT molecular complexity index is 448. The second-order valence-corrected chi connectivity index (χ2v) is 6.12. The highest BCUT2D eigenvalue weighted by Crippen LogP contribution is 2.20. The zero-order valence-corrected chi connectivity index (χ0v) is 12.1. The second-order valence-electron chi connectivity index (χ2n) is 4.45. The van der Waals surface area contributed by atoms with Crippen LogP contribution >= 0.6 is 0 Å². The van der Waals surface area contributed by atoms with Crippen molar-refractivity contribution in [1.29, 1.82) is 0 Å². The summed E-state index contributed by atoms with van der Waals surface area (Å²) < 4.78 is 12.4. The first kappa shape index (κ1) is 15.8. The van der Waals surface area contributed by atoms with E-state index in [0.717, 1.165) is 19.3 Å². The highest BCUT2D eigenvalue weighted by atomic mass is 32.2. The molecule has 0 aromatic heterocycles. The maximum absolute atomic E-state index is 12.4. The van der Waals surface area contributed by atoms with Gasteiger partial charge in [0.15, 0.2) is 0 Å². The van der Waals surface area contributed by atoms with Crippen LogP contribution in [0.5, 0.6) is 0 Å². The van der Waals surface area contributed by atoms with Crippen molar-refractivity contribution in [1.82, 2.24) is 0 Å². The van der Waals surface area contributed by atoms with E-state index in [4.69, 9.17) is 5.73 Å². The molecule has 2 N–H and O–H groups in total. The number of hydrogen-bond acceptors (Lipinski definition) is 4. The minimum Gasteiger partial charge on any atom is -0.327 e. The van der Waals surface area contributed by atoms with E-state index in [9.17, 15) is 14.3 Å². The van der Waals surface area contributed by atoms with Crippen molar-refractivity contribution in [3.8, 4) is 0 Å². The standard InChI is InChI=1S/C13H20N2O3S/c1-3-5-12(14)13(4-2)19(18)11-8-6-10(7-9-11)15(16)17/h6-9,12-13H,3-5,14H2,1-2H3. The van der Waals surface area contributed by atoms with Gasteiger partial charge in [-0.25, -0.2) is 0 Å². The molecule has 5 nitrogen and oxygen atoms in total. The summed E-state index contributed by atoms with van der Waals surface area (Å²) in [6, 6.07) is 5.76. The third kappa shape index (κ3) is 4.11. The van der Waals surface area contributed by atoms with Gasteiger partial charge in [-0.3, -0.25) is 14.3 Å². The van der Waals surface area contributed by atoms with Crippen LogP contribution in [0.15, 0.2) is 29.2 Å². The molecule has 3 unspecified atom stereocenters. The fourth-order valence-electron chi connectivity index (χ4n) is 2.01. The van der Waals surface area contributed by atoms with Gasteiger partial charge in [0.2, 0.25) is 0 Å². The lowest BCUT2D eigenvalue weighted by molar-refractivity contribution is -0.384. The molecule has 0 fully saturated rings. The van der Waals surface area contributed by atoms with Gasteiger partial charge in [-0.15, -0.1) is 0 Å². The van der Waals surface area contributed by atoms with E-state index >= 15 is 0 Å². The molecule has 0 saturated heterocycles. The molecule has 0 aliphatic carbocycles. The van der Waals surface area contributed by atoms with Crippen LogP contribution < -0.4 is 5.73 Å². The zero-order valence-electron chi connectivity index (χ0n) is 11.2. The summed E-state index contributed by atoms with van der Waals surface area (Å²) in [5, 5.41) is 10.5. The molecule has 1 aromatic rings. The topological polar surface area (TPSA) is 86.2 Å². The van der Waals surface area contributed by atoms with Gasteiger partial charge in [0.1, 0.15) is 0 Å². The number of non-ortho nitro benzene ring substituents is 1. The van der Waals surface area contributed by atoms with Crippen molar-refractivity contribution < 1.29 is 9.13 Å². The van der Waals surface area contributed by atoms with Crippen LogP contribution in [0.2, 0.25) is 0 Å². The Labute approximate surface area is 115 Å². The first-order valence-electron chi connectivity index (χ1n) is 6.41. The van der Waals surface area contributed by atoms with Gasteiger partial charge in [-0.1, -0.05) is 20.3 Å². The summed E-state index contributed by atoms with van der Waals surface area (Å²) in [5.41, 5.74) is 6.06. The molecule has 0 heterocycles. The second kappa shape index (κ2) is 7.35. The molecule has 1 rings (SSSR count). The molecule has 0 spiro atoms. The maximum Gasteiger partial charge on any atom is 0.269 e. The van der Waals surface area contributed by atoms with Crippen molar-refractivity contribution in [2.75, 3.05) is 0 Å². The smallest absolute Gasteiger partial charge is 0.269 e. The number of rotatable bonds is 7. The van der Waals surface area contributed by atoms with Crippen LogP contribution in [-0.4, -0.2) is 20.4 Å². The van der Waals surface area contributed by atoms with Crippen molar-refractivity contribution >= 4 is 16.5 Å². The fraction of sp³-hybridized carbons (Fsp3) is 0.538. The van der Waals surface area contributed by atoms with Crippen LogP contribution in [0, 0.1) is 10.1 Å². The van der Waals surface area contributed by atoms with E-state index in [1.54, 1.807) is 12.1 Å². The molecular formula is C13H20N2O3S. The molecule has 0 bridgehead atoms. The van der Waals surface area contributed by atoms with E-state index in [1.807, 2.05) is 13.8 Å². The average Bonchev–Trinajstić information content (AvgIpc) is 2.39. The van der Waals surface area contributed by atoms with Crippen LogP contribution in [0.25, 0.3) is 0 Å². The molecule has 0 saturated carbocycles. The molecule has 3 atom stereocenters. The average molecular weight is 284 g/mol.